The Morgan fingerprint density at radius 2 is 1.88 bits per heavy atom. The van der Waals surface area contributed by atoms with Crippen LogP contribution in [-0.4, -0.2) is 47.8 Å². The number of carbonyl (C=O) groups excluding carboxylic acids is 2. The van der Waals surface area contributed by atoms with Crippen LogP contribution in [0.5, 0.6) is 0 Å². The normalized spacial score (nSPS) is 17.1. The van der Waals surface area contributed by atoms with E-state index in [-0.39, 0.29) is 25.5 Å². The van der Waals surface area contributed by atoms with E-state index in [0.29, 0.717) is 30.7 Å². The van der Waals surface area contributed by atoms with Gasteiger partial charge in [0.05, 0.1) is 18.1 Å². The van der Waals surface area contributed by atoms with Gasteiger partial charge in [-0.25, -0.2) is 4.79 Å². The standard InChI is InChI=1S/C17H21NO6/c19-8-2-1-3-9-24-17(23)12-4-6-14(7-5-12)18-11-13(16(21)22)10-15(18)20/h4-7,13,19H,1-3,8-11H2,(H,21,22). The Labute approximate surface area is 139 Å². The van der Waals surface area contributed by atoms with Gasteiger partial charge < -0.3 is 19.8 Å². The fourth-order valence-electron chi connectivity index (χ4n) is 2.54. The van der Waals surface area contributed by atoms with Gasteiger partial charge in [-0.3, -0.25) is 9.59 Å². The number of aliphatic carboxylic acids is 1. The number of anilines is 1. The van der Waals surface area contributed by atoms with E-state index in [2.05, 4.69) is 0 Å². The highest BCUT2D eigenvalue weighted by Crippen LogP contribution is 2.25. The molecular formula is C17H21NO6. The van der Waals surface area contributed by atoms with Crippen molar-refractivity contribution in [3.8, 4) is 0 Å². The highest BCUT2D eigenvalue weighted by atomic mass is 16.5. The molecular weight excluding hydrogens is 314 g/mol. The Bertz CT molecular complexity index is 598. The predicted molar refractivity (Wildman–Crippen MR) is 85.8 cm³/mol. The molecule has 1 aliphatic rings. The zero-order chi connectivity index (χ0) is 17.5. The van der Waals surface area contributed by atoms with E-state index in [1.165, 1.54) is 4.90 Å². The van der Waals surface area contributed by atoms with Crippen molar-refractivity contribution < 1.29 is 29.3 Å². The summed E-state index contributed by atoms with van der Waals surface area (Å²) in [5.41, 5.74) is 0.950. The molecule has 7 heteroatoms. The molecule has 0 saturated carbocycles. The topological polar surface area (TPSA) is 104 Å². The van der Waals surface area contributed by atoms with Gasteiger partial charge in [-0.2, -0.15) is 0 Å². The molecule has 1 amide bonds. The summed E-state index contributed by atoms with van der Waals surface area (Å²) in [7, 11) is 0. The van der Waals surface area contributed by atoms with Crippen LogP contribution < -0.4 is 4.90 Å². The van der Waals surface area contributed by atoms with Crippen LogP contribution in [0.2, 0.25) is 0 Å². The third kappa shape index (κ3) is 4.55. The van der Waals surface area contributed by atoms with Crippen LogP contribution in [0.15, 0.2) is 24.3 Å². The van der Waals surface area contributed by atoms with Crippen LogP contribution in [0.1, 0.15) is 36.0 Å². The van der Waals surface area contributed by atoms with Gasteiger partial charge >= 0.3 is 11.9 Å². The molecule has 1 fully saturated rings. The van der Waals surface area contributed by atoms with E-state index in [9.17, 15) is 14.4 Å². The zero-order valence-corrected chi connectivity index (χ0v) is 13.3. The van der Waals surface area contributed by atoms with Gasteiger partial charge in [-0.1, -0.05) is 0 Å². The van der Waals surface area contributed by atoms with Gasteiger partial charge in [0.2, 0.25) is 5.91 Å². The van der Waals surface area contributed by atoms with E-state index in [4.69, 9.17) is 14.9 Å². The molecule has 1 heterocycles. The van der Waals surface area contributed by atoms with Crippen molar-refractivity contribution >= 4 is 23.5 Å². The Hall–Kier alpha value is -2.41. The van der Waals surface area contributed by atoms with Crippen molar-refractivity contribution in [2.75, 3.05) is 24.7 Å². The van der Waals surface area contributed by atoms with E-state index in [1.807, 2.05) is 0 Å². The zero-order valence-electron chi connectivity index (χ0n) is 13.3. The van der Waals surface area contributed by atoms with Gasteiger partial charge in [-0.05, 0) is 43.5 Å². The molecule has 1 aromatic rings. The average Bonchev–Trinajstić information content (AvgIpc) is 2.97. The summed E-state index contributed by atoms with van der Waals surface area (Å²) in [5, 5.41) is 17.7. The number of carboxylic acids is 1. The lowest BCUT2D eigenvalue weighted by atomic mass is 10.1. The molecule has 0 aromatic heterocycles. The second-order valence-electron chi connectivity index (χ2n) is 5.71. The Kier molecular flexibility index (Phi) is 6.31. The summed E-state index contributed by atoms with van der Waals surface area (Å²) >= 11 is 0. The monoisotopic (exact) mass is 335 g/mol. The van der Waals surface area contributed by atoms with E-state index < -0.39 is 17.9 Å². The first kappa shape index (κ1) is 17.9. The van der Waals surface area contributed by atoms with Crippen molar-refractivity contribution in [3.63, 3.8) is 0 Å². The number of hydrogen-bond donors (Lipinski definition) is 2. The quantitative estimate of drug-likeness (QED) is 0.550. The first-order valence-electron chi connectivity index (χ1n) is 7.94. The summed E-state index contributed by atoms with van der Waals surface area (Å²) in [6, 6.07) is 6.36. The number of benzene rings is 1. The number of aliphatic hydroxyl groups excluding tert-OH is 1. The second-order valence-corrected chi connectivity index (χ2v) is 5.71. The number of carboxylic acid groups (broad SMARTS) is 1. The summed E-state index contributed by atoms with van der Waals surface area (Å²) in [6.45, 7) is 0.571. The van der Waals surface area contributed by atoms with Gasteiger partial charge in [-0.15, -0.1) is 0 Å². The van der Waals surface area contributed by atoms with Crippen LogP contribution in [0.25, 0.3) is 0 Å². The number of aliphatic hydroxyl groups is 1. The maximum Gasteiger partial charge on any atom is 0.338 e. The molecule has 1 aliphatic heterocycles. The molecule has 0 aliphatic carbocycles. The summed E-state index contributed by atoms with van der Waals surface area (Å²) in [4.78, 5) is 36.2. The largest absolute Gasteiger partial charge is 0.481 e. The molecule has 24 heavy (non-hydrogen) atoms. The molecule has 130 valence electrons. The summed E-state index contributed by atoms with van der Waals surface area (Å²) in [5.74, 6) is -2.35. The predicted octanol–water partition coefficient (Wildman–Crippen LogP) is 1.44. The lowest BCUT2D eigenvalue weighted by molar-refractivity contribution is -0.141. The first-order chi connectivity index (χ1) is 11.5. The number of amides is 1. The molecule has 0 spiro atoms. The fourth-order valence-corrected chi connectivity index (χ4v) is 2.54. The Morgan fingerprint density at radius 3 is 2.46 bits per heavy atom. The summed E-state index contributed by atoms with van der Waals surface area (Å²) in [6.07, 6.45) is 2.17. The van der Waals surface area contributed by atoms with E-state index in [1.54, 1.807) is 24.3 Å². The number of hydrogen-bond acceptors (Lipinski definition) is 5. The van der Waals surface area contributed by atoms with Crippen LogP contribution in [-0.2, 0) is 14.3 Å². The number of unbranched alkanes of at least 4 members (excludes halogenated alkanes) is 2. The molecule has 1 unspecified atom stereocenters. The molecule has 0 bridgehead atoms. The van der Waals surface area contributed by atoms with Crippen LogP contribution in [0.4, 0.5) is 5.69 Å². The highest BCUT2D eigenvalue weighted by molar-refractivity contribution is 5.99. The SMILES string of the molecule is O=C(OCCCCCO)c1ccc(N2CC(C(=O)O)CC2=O)cc1. The van der Waals surface area contributed by atoms with Crippen LogP contribution in [0.3, 0.4) is 0 Å². The van der Waals surface area contributed by atoms with Gasteiger partial charge in [0.25, 0.3) is 0 Å². The van der Waals surface area contributed by atoms with Crippen molar-refractivity contribution in [2.24, 2.45) is 5.92 Å². The number of ether oxygens (including phenoxy) is 1. The van der Waals surface area contributed by atoms with Crippen LogP contribution in [0, 0.1) is 5.92 Å². The first-order valence-corrected chi connectivity index (χ1v) is 7.94. The maximum absolute atomic E-state index is 11.9. The minimum atomic E-state index is -0.979. The van der Waals surface area contributed by atoms with Gasteiger partial charge in [0, 0.05) is 25.3 Å². The summed E-state index contributed by atoms with van der Waals surface area (Å²) < 4.78 is 5.13. The van der Waals surface area contributed by atoms with E-state index >= 15 is 0 Å². The number of esters is 1. The van der Waals surface area contributed by atoms with Crippen molar-refractivity contribution in [1.82, 2.24) is 0 Å². The third-order valence-corrected chi connectivity index (χ3v) is 3.92. The smallest absolute Gasteiger partial charge is 0.338 e. The molecule has 1 aromatic carbocycles. The van der Waals surface area contributed by atoms with Crippen molar-refractivity contribution in [3.05, 3.63) is 29.8 Å². The Morgan fingerprint density at radius 1 is 1.17 bits per heavy atom. The number of nitrogens with zero attached hydrogens (tertiary/aromatic N) is 1. The van der Waals surface area contributed by atoms with Crippen LogP contribution >= 0.6 is 0 Å². The van der Waals surface area contributed by atoms with Gasteiger partial charge in [0.1, 0.15) is 0 Å². The maximum atomic E-state index is 11.9. The van der Waals surface area contributed by atoms with Crippen molar-refractivity contribution in [1.29, 1.82) is 0 Å². The second kappa shape index (κ2) is 8.44. The Balaban J connectivity index is 1.90. The molecule has 1 saturated heterocycles. The lowest BCUT2D eigenvalue weighted by Gasteiger charge is -2.16. The molecule has 2 N–H and O–H groups in total. The average molecular weight is 335 g/mol. The lowest BCUT2D eigenvalue weighted by Crippen LogP contribution is -2.25. The molecule has 2 rings (SSSR count). The number of rotatable bonds is 8. The van der Waals surface area contributed by atoms with Crippen molar-refractivity contribution in [2.45, 2.75) is 25.7 Å². The molecule has 1 atom stereocenters. The third-order valence-electron chi connectivity index (χ3n) is 3.92. The minimum absolute atomic E-state index is 0.00698. The molecule has 0 radical (unpaired) electrons. The fraction of sp³-hybridized carbons (Fsp3) is 0.471. The highest BCUT2D eigenvalue weighted by Gasteiger charge is 2.35. The van der Waals surface area contributed by atoms with E-state index in [0.717, 1.165) is 6.42 Å². The molecule has 7 nitrogen and oxygen atoms in total. The number of carbonyl (C=O) groups is 3. The minimum Gasteiger partial charge on any atom is -0.481 e. The van der Waals surface area contributed by atoms with Gasteiger partial charge in [0.15, 0.2) is 0 Å².